The van der Waals surface area contributed by atoms with Crippen molar-refractivity contribution in [3.05, 3.63) is 52.8 Å². The Morgan fingerprint density at radius 2 is 1.81 bits per heavy atom. The molecule has 1 aliphatic heterocycles. The van der Waals surface area contributed by atoms with Gasteiger partial charge in [0.15, 0.2) is 0 Å². The third-order valence-electron chi connectivity index (χ3n) is 4.87. The fourth-order valence-corrected chi connectivity index (χ4v) is 4.57. The summed E-state index contributed by atoms with van der Waals surface area (Å²) in [4.78, 5) is 4.81. The minimum Gasteiger partial charge on any atom is -0.379 e. The molecule has 0 unspecified atom stereocenters. The van der Waals surface area contributed by atoms with E-state index in [1.807, 2.05) is 18.2 Å². The number of hydrogen-bond donors (Lipinski definition) is 1. The maximum Gasteiger partial charge on any atom is 0.218 e. The third kappa shape index (κ3) is 4.17. The summed E-state index contributed by atoms with van der Waals surface area (Å²) < 4.78 is 3.18. The van der Waals surface area contributed by atoms with Crippen molar-refractivity contribution < 1.29 is 0 Å². The van der Waals surface area contributed by atoms with Gasteiger partial charge in [-0.2, -0.15) is 0 Å². The van der Waals surface area contributed by atoms with E-state index in [-0.39, 0.29) is 0 Å². The van der Waals surface area contributed by atoms with Crippen LogP contribution in [0.3, 0.4) is 0 Å². The highest BCUT2D eigenvalue weighted by molar-refractivity contribution is 9.10. The Kier molecular flexibility index (Phi) is 5.75. The molecular weight excluding hydrogens is 424 g/mol. The quantitative estimate of drug-likeness (QED) is 0.622. The summed E-state index contributed by atoms with van der Waals surface area (Å²) >= 11 is 5.24. The van der Waals surface area contributed by atoms with E-state index in [1.165, 1.54) is 0 Å². The van der Waals surface area contributed by atoms with Gasteiger partial charge in [0.05, 0.1) is 6.54 Å². The molecule has 0 amide bonds. The molecule has 2 aromatic heterocycles. The molecule has 1 fully saturated rings. The Morgan fingerprint density at radius 3 is 2.59 bits per heavy atom. The topological polar surface area (TPSA) is 49.2 Å². The fourth-order valence-electron chi connectivity index (χ4n) is 3.23. The van der Waals surface area contributed by atoms with Gasteiger partial charge >= 0.3 is 0 Å². The molecule has 0 saturated carbocycles. The molecule has 6 nitrogen and oxygen atoms in total. The smallest absolute Gasteiger partial charge is 0.218 e. The first-order chi connectivity index (χ1) is 13.2. The summed E-state index contributed by atoms with van der Waals surface area (Å²) in [5, 5.41) is 14.3. The fraction of sp³-hybridized carbons (Fsp3) is 0.368. The van der Waals surface area contributed by atoms with Gasteiger partial charge in [-0.1, -0.05) is 30.4 Å². The molecule has 8 heteroatoms. The predicted molar refractivity (Wildman–Crippen MR) is 115 cm³/mol. The van der Waals surface area contributed by atoms with Crippen LogP contribution >= 0.6 is 27.3 Å². The van der Waals surface area contributed by atoms with Crippen LogP contribution in [0.1, 0.15) is 12.6 Å². The van der Waals surface area contributed by atoms with E-state index in [1.54, 1.807) is 11.3 Å². The number of nitrogens with one attached hydrogen (secondary N) is 1. The number of rotatable bonds is 6. The third-order valence-corrected chi connectivity index (χ3v) is 6.54. The number of halogens is 1. The van der Waals surface area contributed by atoms with Crippen molar-refractivity contribution >= 4 is 38.1 Å². The average Bonchev–Trinajstić information content (AvgIpc) is 3.36. The van der Waals surface area contributed by atoms with Gasteiger partial charge in [-0.25, -0.2) is 0 Å². The first-order valence-electron chi connectivity index (χ1n) is 9.20. The lowest BCUT2D eigenvalue weighted by Crippen LogP contribution is -2.46. The highest BCUT2D eigenvalue weighted by atomic mass is 79.9. The Labute approximate surface area is 171 Å². The van der Waals surface area contributed by atoms with Gasteiger partial charge in [-0.3, -0.25) is 4.57 Å². The summed E-state index contributed by atoms with van der Waals surface area (Å²) in [7, 11) is 0. The first-order valence-corrected chi connectivity index (χ1v) is 10.8. The molecule has 1 aliphatic rings. The molecular formula is C19H23BrN6S. The van der Waals surface area contributed by atoms with E-state index < -0.39 is 0 Å². The van der Waals surface area contributed by atoms with E-state index in [9.17, 15) is 0 Å². The zero-order valence-electron chi connectivity index (χ0n) is 15.3. The Morgan fingerprint density at radius 1 is 1.04 bits per heavy atom. The summed E-state index contributed by atoms with van der Waals surface area (Å²) in [6.07, 6.45) is 2.05. The van der Waals surface area contributed by atoms with Crippen molar-refractivity contribution in [1.82, 2.24) is 19.7 Å². The Hall–Kier alpha value is -1.90. The van der Waals surface area contributed by atoms with Gasteiger partial charge in [0.2, 0.25) is 10.3 Å². The zero-order chi connectivity index (χ0) is 18.6. The summed E-state index contributed by atoms with van der Waals surface area (Å²) in [6.45, 7) is 8.28. The van der Waals surface area contributed by atoms with Crippen molar-refractivity contribution in [1.29, 1.82) is 0 Å². The van der Waals surface area contributed by atoms with Crippen LogP contribution in [0.15, 0.2) is 47.1 Å². The second-order valence-electron chi connectivity index (χ2n) is 6.49. The summed E-state index contributed by atoms with van der Waals surface area (Å²) in [6, 6.07) is 12.3. The number of likely N-dealkylation sites (N-methyl/N-ethyl adjacent to an activating group) is 1. The first kappa shape index (κ1) is 18.5. The standard InChI is InChI=1S/C19H23BrN6S/c1-2-24-10-12-25(13-11-24)18-22-23-19(27-18)26-9-5-6-15(26)14-21-17-8-4-3-7-16(17)20/h3-9,21H,2,10-14H2,1H3. The molecule has 0 aliphatic carbocycles. The molecule has 1 N–H and O–H groups in total. The van der Waals surface area contributed by atoms with Crippen LogP contribution in [0.5, 0.6) is 0 Å². The molecule has 3 heterocycles. The SMILES string of the molecule is CCN1CCN(c2nnc(-n3cccc3CNc3ccccc3Br)s2)CC1. The largest absolute Gasteiger partial charge is 0.379 e. The molecule has 27 heavy (non-hydrogen) atoms. The summed E-state index contributed by atoms with van der Waals surface area (Å²) in [5.41, 5.74) is 2.24. The zero-order valence-corrected chi connectivity index (χ0v) is 17.7. The van der Waals surface area contributed by atoms with E-state index in [2.05, 4.69) is 77.1 Å². The second-order valence-corrected chi connectivity index (χ2v) is 8.28. The van der Waals surface area contributed by atoms with Crippen LogP contribution in [0.4, 0.5) is 10.8 Å². The minimum atomic E-state index is 0.722. The van der Waals surface area contributed by atoms with Gasteiger partial charge < -0.3 is 15.1 Å². The van der Waals surface area contributed by atoms with Crippen LogP contribution in [-0.2, 0) is 6.54 Å². The normalized spacial score (nSPS) is 15.3. The number of nitrogens with zero attached hydrogens (tertiary/aromatic N) is 5. The molecule has 4 rings (SSSR count). The monoisotopic (exact) mass is 446 g/mol. The molecule has 1 aromatic carbocycles. The van der Waals surface area contributed by atoms with Crippen LogP contribution in [-0.4, -0.2) is 52.4 Å². The lowest BCUT2D eigenvalue weighted by atomic mass is 10.3. The maximum atomic E-state index is 4.45. The van der Waals surface area contributed by atoms with E-state index in [4.69, 9.17) is 0 Å². The molecule has 0 bridgehead atoms. The van der Waals surface area contributed by atoms with Crippen molar-refractivity contribution in [2.45, 2.75) is 13.5 Å². The Bertz CT molecular complexity index is 884. The second kappa shape index (κ2) is 8.41. The van der Waals surface area contributed by atoms with Crippen molar-refractivity contribution in [3.63, 3.8) is 0 Å². The highest BCUT2D eigenvalue weighted by Gasteiger charge is 2.20. The van der Waals surface area contributed by atoms with Gasteiger partial charge in [0, 0.05) is 48.2 Å². The number of piperazine rings is 1. The van der Waals surface area contributed by atoms with E-state index >= 15 is 0 Å². The van der Waals surface area contributed by atoms with E-state index in [0.717, 1.165) is 65.4 Å². The highest BCUT2D eigenvalue weighted by Crippen LogP contribution is 2.26. The average molecular weight is 447 g/mol. The number of para-hydroxylation sites is 1. The van der Waals surface area contributed by atoms with Crippen LogP contribution in [0.25, 0.3) is 5.13 Å². The van der Waals surface area contributed by atoms with Gasteiger partial charge in [-0.15, -0.1) is 10.2 Å². The molecule has 3 aromatic rings. The Balaban J connectivity index is 1.45. The molecule has 142 valence electrons. The minimum absolute atomic E-state index is 0.722. The van der Waals surface area contributed by atoms with Crippen LogP contribution in [0.2, 0.25) is 0 Å². The lowest BCUT2D eigenvalue weighted by Gasteiger charge is -2.33. The van der Waals surface area contributed by atoms with Crippen LogP contribution in [0, 0.1) is 0 Å². The predicted octanol–water partition coefficient (Wildman–Crippen LogP) is 3.85. The van der Waals surface area contributed by atoms with Crippen LogP contribution < -0.4 is 10.2 Å². The van der Waals surface area contributed by atoms with Gasteiger partial charge in [0.1, 0.15) is 0 Å². The van der Waals surface area contributed by atoms with Gasteiger partial charge in [-0.05, 0) is 46.7 Å². The summed E-state index contributed by atoms with van der Waals surface area (Å²) in [5.74, 6) is 0. The molecule has 0 radical (unpaired) electrons. The number of anilines is 2. The van der Waals surface area contributed by atoms with Gasteiger partial charge in [0.25, 0.3) is 0 Å². The molecule has 1 saturated heterocycles. The van der Waals surface area contributed by atoms with Crippen molar-refractivity contribution in [2.75, 3.05) is 42.9 Å². The van der Waals surface area contributed by atoms with Crippen molar-refractivity contribution in [2.24, 2.45) is 0 Å². The molecule has 0 spiro atoms. The maximum absolute atomic E-state index is 4.45. The number of benzene rings is 1. The number of hydrogen-bond acceptors (Lipinski definition) is 6. The molecule has 0 atom stereocenters. The lowest BCUT2D eigenvalue weighted by molar-refractivity contribution is 0.271. The van der Waals surface area contributed by atoms with E-state index in [0.29, 0.717) is 0 Å². The van der Waals surface area contributed by atoms with Crippen molar-refractivity contribution in [3.8, 4) is 5.13 Å². The number of aromatic nitrogens is 3.